The minimum atomic E-state index is -0.118. The van der Waals surface area contributed by atoms with E-state index in [9.17, 15) is 0 Å². The van der Waals surface area contributed by atoms with Crippen LogP contribution < -0.4 is 0 Å². The van der Waals surface area contributed by atoms with Crippen LogP contribution in [0.4, 0.5) is 0 Å². The summed E-state index contributed by atoms with van der Waals surface area (Å²) in [6, 6.07) is 125. The standard InChI is InChI=1S/C47H32N2.C37H26N4.C35H24N6/c1-47(2)42-14-8-7-13-40(42)41-24-21-35(27-43(41)47)46-48-44(33-19-22-38-31(25-33)17-15-29-9-3-5-11-36(29)38)28-45(49-46)34-20-23-39-32(26-34)18-16-30-10-4-6-12-37(30)39;1-37(2)30-10-4-3-9-28(30)29-14-11-27(21-31(29)37)36-40-34(25-12-15-32-23(19-25)7-5-17-38-32)22-35(41-36)26-13-16-33-24(20-26)8-6-18-39-33;1-35(2)28-10-4-3-9-26(28)27-12-11-23(17-29(27)35)34-40-30(24-15-21-7-5-13-36-32(21)38-19-24)18-31(41-34)25-16-22-8-6-14-37-33(22)39-20-25/h3-28H,1-2H3;3-22H,1-2H3;3-20H,1-2H3. The Hall–Kier alpha value is -16.7. The molecule has 618 valence electrons. The van der Waals surface area contributed by atoms with Gasteiger partial charge in [0, 0.05) is 125 Å². The van der Waals surface area contributed by atoms with Crippen molar-refractivity contribution >= 4 is 87.0 Å². The third-order valence-corrected chi connectivity index (χ3v) is 27.1. The Morgan fingerprint density at radius 1 is 0.176 bits per heavy atom. The van der Waals surface area contributed by atoms with E-state index in [0.717, 1.165) is 123 Å². The lowest BCUT2D eigenvalue weighted by Gasteiger charge is -2.22. The van der Waals surface area contributed by atoms with Gasteiger partial charge in [-0.3, -0.25) is 9.97 Å². The molecule has 9 heterocycles. The predicted molar refractivity (Wildman–Crippen MR) is 535 cm³/mol. The highest BCUT2D eigenvalue weighted by Crippen LogP contribution is 2.53. The molecule has 0 saturated carbocycles. The van der Waals surface area contributed by atoms with Crippen LogP contribution in [-0.2, 0) is 16.2 Å². The number of fused-ring (bicyclic) bond motifs is 19. The quantitative estimate of drug-likeness (QED) is 0.126. The van der Waals surface area contributed by atoms with Crippen molar-refractivity contribution in [1.29, 1.82) is 0 Å². The predicted octanol–water partition coefficient (Wildman–Crippen LogP) is 28.9. The van der Waals surface area contributed by atoms with Crippen LogP contribution in [0.1, 0.15) is 74.9 Å². The van der Waals surface area contributed by atoms with Crippen LogP contribution in [0.25, 0.3) is 222 Å². The summed E-state index contributed by atoms with van der Waals surface area (Å²) >= 11 is 0. The van der Waals surface area contributed by atoms with Crippen LogP contribution >= 0.6 is 0 Å². The third-order valence-electron chi connectivity index (χ3n) is 27.1. The molecule has 12 nitrogen and oxygen atoms in total. The zero-order chi connectivity index (χ0) is 87.8. The topological polar surface area (TPSA) is 155 Å². The first-order valence-electron chi connectivity index (χ1n) is 44.5. The first kappa shape index (κ1) is 77.8. The summed E-state index contributed by atoms with van der Waals surface area (Å²) in [6.07, 6.45) is 10.8. The summed E-state index contributed by atoms with van der Waals surface area (Å²) in [6.45, 7) is 13.8. The van der Waals surface area contributed by atoms with Crippen molar-refractivity contribution in [2.75, 3.05) is 0 Å². The number of benzene rings is 14. The summed E-state index contributed by atoms with van der Waals surface area (Å²) in [5.74, 6) is 2.11. The maximum absolute atomic E-state index is 5.28. The van der Waals surface area contributed by atoms with Gasteiger partial charge in [-0.15, -0.1) is 0 Å². The van der Waals surface area contributed by atoms with Gasteiger partial charge >= 0.3 is 0 Å². The molecule has 0 N–H and O–H groups in total. The fourth-order valence-corrected chi connectivity index (χ4v) is 20.2. The molecule has 0 radical (unpaired) electrons. The summed E-state index contributed by atoms with van der Waals surface area (Å²) in [4.78, 5) is 58.0. The van der Waals surface area contributed by atoms with E-state index < -0.39 is 0 Å². The fraction of sp³-hybridized carbons (Fsp3) is 0.0756. The van der Waals surface area contributed by atoms with E-state index in [1.165, 1.54) is 110 Å². The van der Waals surface area contributed by atoms with E-state index in [2.05, 4.69) is 381 Å². The maximum atomic E-state index is 5.28. The maximum Gasteiger partial charge on any atom is 0.160 e. The second-order valence-corrected chi connectivity index (χ2v) is 36.0. The van der Waals surface area contributed by atoms with Crippen LogP contribution in [0.5, 0.6) is 0 Å². The minimum Gasteiger partial charge on any atom is -0.256 e. The van der Waals surface area contributed by atoms with Crippen molar-refractivity contribution in [3.05, 3.63) is 422 Å². The zero-order valence-corrected chi connectivity index (χ0v) is 72.8. The van der Waals surface area contributed by atoms with Crippen LogP contribution in [-0.4, -0.2) is 59.8 Å². The van der Waals surface area contributed by atoms with Gasteiger partial charge in [0.05, 0.1) is 45.2 Å². The molecule has 12 heteroatoms. The van der Waals surface area contributed by atoms with Crippen molar-refractivity contribution in [2.24, 2.45) is 0 Å². The smallest absolute Gasteiger partial charge is 0.160 e. The third kappa shape index (κ3) is 13.6. The highest BCUT2D eigenvalue weighted by molar-refractivity contribution is 6.10. The summed E-state index contributed by atoms with van der Waals surface area (Å²) < 4.78 is 0. The number of pyridine rings is 6. The highest BCUT2D eigenvalue weighted by atomic mass is 14.9. The van der Waals surface area contributed by atoms with Gasteiger partial charge in [-0.05, 0) is 231 Å². The molecule has 0 amide bonds. The molecule has 23 aromatic rings. The lowest BCUT2D eigenvalue weighted by Crippen LogP contribution is -2.15. The highest BCUT2D eigenvalue weighted by Gasteiger charge is 2.39. The number of rotatable bonds is 9. The molecule has 26 rings (SSSR count). The van der Waals surface area contributed by atoms with Crippen molar-refractivity contribution in [3.8, 4) is 135 Å². The summed E-state index contributed by atoms with van der Waals surface area (Å²) in [5, 5.41) is 14.0. The molecule has 0 atom stereocenters. The average molecular weight is 1680 g/mol. The fourth-order valence-electron chi connectivity index (χ4n) is 20.2. The van der Waals surface area contributed by atoms with Crippen molar-refractivity contribution in [2.45, 2.75) is 57.8 Å². The Morgan fingerprint density at radius 3 is 0.832 bits per heavy atom. The van der Waals surface area contributed by atoms with Crippen molar-refractivity contribution in [3.63, 3.8) is 0 Å². The molecule has 0 bridgehead atoms. The van der Waals surface area contributed by atoms with E-state index in [1.54, 1.807) is 12.4 Å². The van der Waals surface area contributed by atoms with Gasteiger partial charge in [-0.2, -0.15) is 0 Å². The second-order valence-electron chi connectivity index (χ2n) is 36.0. The molecular weight excluding hydrogens is 1600 g/mol. The first-order valence-corrected chi connectivity index (χ1v) is 44.5. The summed E-state index contributed by atoms with van der Waals surface area (Å²) in [5.41, 5.74) is 33.0. The van der Waals surface area contributed by atoms with E-state index in [1.807, 2.05) is 67.3 Å². The Bertz CT molecular complexity index is 8050. The Kier molecular flexibility index (Phi) is 18.3. The SMILES string of the molecule is CC1(C)c2ccccc2-c2ccc(-c3nc(-c4ccc5c(ccc6ccccc65)c4)cc(-c4ccc5c(ccc6ccccc65)c4)n3)cc21.CC1(C)c2ccccc2-c2ccc(-c3nc(-c4ccc5ncccc5c4)cc(-c4ccc5ncccc5c4)n3)cc21.CC1(C)c2ccccc2-c2ccc(-c3nc(-c4cnc5ncccc5c4)cc(-c4cnc5ncccc5c4)n3)cc21. The van der Waals surface area contributed by atoms with Gasteiger partial charge in [0.15, 0.2) is 28.8 Å². The lowest BCUT2D eigenvalue weighted by molar-refractivity contribution is 0.660. The molecule has 3 aliphatic carbocycles. The first-order chi connectivity index (χ1) is 64.1. The van der Waals surface area contributed by atoms with Gasteiger partial charge < -0.3 is 0 Å². The van der Waals surface area contributed by atoms with Gasteiger partial charge in [-0.25, -0.2) is 49.8 Å². The molecule has 0 spiro atoms. The van der Waals surface area contributed by atoms with Gasteiger partial charge in [0.25, 0.3) is 0 Å². The van der Waals surface area contributed by atoms with Crippen molar-refractivity contribution in [1.82, 2.24) is 59.8 Å². The van der Waals surface area contributed by atoms with Crippen LogP contribution in [0.2, 0.25) is 0 Å². The van der Waals surface area contributed by atoms with Gasteiger partial charge in [0.2, 0.25) is 0 Å². The average Bonchev–Trinajstić information content (AvgIpc) is 1.53. The molecule has 0 aliphatic heterocycles. The minimum absolute atomic E-state index is 0.0981. The zero-order valence-electron chi connectivity index (χ0n) is 72.8. The number of nitrogens with zero attached hydrogens (tertiary/aromatic N) is 12. The molecular formula is C119H82N12. The lowest BCUT2D eigenvalue weighted by atomic mass is 9.82. The van der Waals surface area contributed by atoms with E-state index in [4.69, 9.17) is 29.9 Å². The van der Waals surface area contributed by atoms with Gasteiger partial charge in [0.1, 0.15) is 0 Å². The number of aromatic nitrogens is 12. The Balaban J connectivity index is 0.000000109. The van der Waals surface area contributed by atoms with Crippen LogP contribution in [0.15, 0.2) is 389 Å². The van der Waals surface area contributed by atoms with Gasteiger partial charge in [-0.1, -0.05) is 272 Å². The van der Waals surface area contributed by atoms with Crippen LogP contribution in [0.3, 0.4) is 0 Å². The summed E-state index contributed by atoms with van der Waals surface area (Å²) in [7, 11) is 0. The van der Waals surface area contributed by atoms with Crippen molar-refractivity contribution < 1.29 is 0 Å². The number of hydrogen-bond acceptors (Lipinski definition) is 12. The van der Waals surface area contributed by atoms with E-state index in [0.29, 0.717) is 22.9 Å². The normalized spacial score (nSPS) is 13.3. The second kappa shape index (κ2) is 30.8. The van der Waals surface area contributed by atoms with Crippen LogP contribution in [0, 0.1) is 0 Å². The molecule has 0 unspecified atom stereocenters. The molecule has 131 heavy (non-hydrogen) atoms. The Labute approximate surface area is 757 Å². The monoisotopic (exact) mass is 1680 g/mol. The number of hydrogen-bond donors (Lipinski definition) is 0. The molecule has 0 saturated heterocycles. The largest absolute Gasteiger partial charge is 0.256 e. The van der Waals surface area contributed by atoms with E-state index >= 15 is 0 Å². The van der Waals surface area contributed by atoms with E-state index in [-0.39, 0.29) is 16.2 Å². The Morgan fingerprint density at radius 2 is 0.450 bits per heavy atom. The molecule has 0 fully saturated rings. The molecule has 9 aromatic heterocycles. The molecule has 14 aromatic carbocycles. The molecule has 3 aliphatic rings.